The molecule has 6 nitrogen and oxygen atoms in total. The Kier molecular flexibility index (Phi) is 8.43. The Morgan fingerprint density at radius 3 is 2.59 bits per heavy atom. The Morgan fingerprint density at radius 1 is 1.31 bits per heavy atom. The molecule has 0 radical (unpaired) electrons. The van der Waals surface area contributed by atoms with E-state index in [4.69, 9.17) is 9.47 Å². The number of hydrogen-bond donors (Lipinski definition) is 3. The van der Waals surface area contributed by atoms with Crippen LogP contribution >= 0.6 is 0 Å². The van der Waals surface area contributed by atoms with E-state index in [0.717, 1.165) is 6.42 Å². The van der Waals surface area contributed by atoms with Gasteiger partial charge in [0.25, 0.3) is 0 Å². The number of amides is 1. The molecule has 0 spiro atoms. The molecule has 7 heteroatoms. The Bertz CT molecular complexity index is 647. The molecular formula is C22H35FN2O4. The molecule has 1 saturated heterocycles. The summed E-state index contributed by atoms with van der Waals surface area (Å²) in [4.78, 5) is 12.1. The molecule has 2 rings (SSSR count). The summed E-state index contributed by atoms with van der Waals surface area (Å²) in [6.45, 7) is 10.7. The number of benzene rings is 1. The van der Waals surface area contributed by atoms with E-state index in [2.05, 4.69) is 10.6 Å². The van der Waals surface area contributed by atoms with Gasteiger partial charge in [0, 0.05) is 30.7 Å². The zero-order valence-electron chi connectivity index (χ0n) is 18.1. The maximum absolute atomic E-state index is 13.1. The molecule has 0 aliphatic carbocycles. The van der Waals surface area contributed by atoms with Gasteiger partial charge in [-0.3, -0.25) is 0 Å². The van der Waals surface area contributed by atoms with Crippen molar-refractivity contribution in [2.75, 3.05) is 13.2 Å². The van der Waals surface area contributed by atoms with Gasteiger partial charge in [-0.1, -0.05) is 12.1 Å². The van der Waals surface area contributed by atoms with E-state index in [1.165, 1.54) is 12.1 Å². The zero-order chi connectivity index (χ0) is 21.6. The fraction of sp³-hybridized carbons (Fsp3) is 0.682. The van der Waals surface area contributed by atoms with Crippen LogP contribution in [0.3, 0.4) is 0 Å². The highest BCUT2D eigenvalue weighted by molar-refractivity contribution is 5.68. The third-order valence-corrected chi connectivity index (χ3v) is 5.12. The molecule has 1 aromatic rings. The molecule has 1 aliphatic heterocycles. The van der Waals surface area contributed by atoms with Crippen molar-refractivity contribution in [3.05, 3.63) is 35.6 Å². The van der Waals surface area contributed by atoms with E-state index in [1.54, 1.807) is 12.1 Å². The number of aliphatic hydroxyl groups excluding tert-OH is 1. The molecule has 0 bridgehead atoms. The van der Waals surface area contributed by atoms with Crippen molar-refractivity contribution in [2.24, 2.45) is 5.92 Å². The van der Waals surface area contributed by atoms with Crippen LogP contribution in [-0.4, -0.2) is 48.1 Å². The number of ether oxygens (including phenoxy) is 2. The third-order valence-electron chi connectivity index (χ3n) is 5.12. The van der Waals surface area contributed by atoms with Gasteiger partial charge >= 0.3 is 6.09 Å². The van der Waals surface area contributed by atoms with Gasteiger partial charge in [-0.25, -0.2) is 9.18 Å². The standard InChI is InChI=1S/C22H35FN2O4/c1-14(12-20(26)16-6-8-17(23)9-7-16)24-19-10-11-28-13-18(19)15(2)25-21(27)29-22(3,4)5/h6-9,14-15,18-20,24,26H,10-13H2,1-5H3,(H,25,27)/t14-,15+,18+,19-,20+/m1/s1. The number of alkyl carbamates (subject to hydrolysis) is 1. The van der Waals surface area contributed by atoms with Gasteiger partial charge in [0.15, 0.2) is 0 Å². The molecule has 0 aromatic heterocycles. The van der Waals surface area contributed by atoms with Crippen LogP contribution in [0.15, 0.2) is 24.3 Å². The Morgan fingerprint density at radius 2 is 1.97 bits per heavy atom. The predicted molar refractivity (Wildman–Crippen MR) is 110 cm³/mol. The van der Waals surface area contributed by atoms with Gasteiger partial charge in [0.05, 0.1) is 12.7 Å². The first-order valence-corrected chi connectivity index (χ1v) is 10.3. The van der Waals surface area contributed by atoms with E-state index >= 15 is 0 Å². The third kappa shape index (κ3) is 7.91. The van der Waals surface area contributed by atoms with Crippen molar-refractivity contribution in [3.63, 3.8) is 0 Å². The molecule has 0 unspecified atom stereocenters. The van der Waals surface area contributed by atoms with Gasteiger partial charge in [0.2, 0.25) is 0 Å². The van der Waals surface area contributed by atoms with E-state index in [1.807, 2.05) is 34.6 Å². The lowest BCUT2D eigenvalue weighted by molar-refractivity contribution is 0.00900. The molecule has 164 valence electrons. The quantitative estimate of drug-likeness (QED) is 0.641. The number of carbonyl (C=O) groups excluding carboxylic acids is 1. The summed E-state index contributed by atoms with van der Waals surface area (Å²) < 4.78 is 24.1. The average molecular weight is 411 g/mol. The summed E-state index contributed by atoms with van der Waals surface area (Å²) in [5, 5.41) is 16.9. The molecule has 1 aliphatic rings. The number of hydrogen-bond acceptors (Lipinski definition) is 5. The molecule has 3 N–H and O–H groups in total. The molecule has 1 fully saturated rings. The molecule has 1 aromatic carbocycles. The van der Waals surface area contributed by atoms with Crippen LogP contribution in [0.1, 0.15) is 59.1 Å². The van der Waals surface area contributed by atoms with Gasteiger partial charge in [-0.05, 0) is 65.2 Å². The summed E-state index contributed by atoms with van der Waals surface area (Å²) in [6.07, 6.45) is 0.216. The largest absolute Gasteiger partial charge is 0.444 e. The Hall–Kier alpha value is -1.70. The van der Waals surface area contributed by atoms with Crippen molar-refractivity contribution in [2.45, 2.75) is 77.3 Å². The van der Waals surface area contributed by atoms with Crippen LogP contribution in [0.25, 0.3) is 0 Å². The lowest BCUT2D eigenvalue weighted by Gasteiger charge is -2.38. The normalized spacial score (nSPS) is 23.1. The number of rotatable bonds is 7. The lowest BCUT2D eigenvalue weighted by atomic mass is 9.88. The van der Waals surface area contributed by atoms with Crippen molar-refractivity contribution in [1.29, 1.82) is 0 Å². The summed E-state index contributed by atoms with van der Waals surface area (Å²) >= 11 is 0. The number of aliphatic hydroxyl groups is 1. The van der Waals surface area contributed by atoms with Crippen LogP contribution in [0.2, 0.25) is 0 Å². The maximum Gasteiger partial charge on any atom is 0.407 e. The highest BCUT2D eigenvalue weighted by Gasteiger charge is 2.33. The van der Waals surface area contributed by atoms with Crippen LogP contribution in [0.4, 0.5) is 9.18 Å². The topological polar surface area (TPSA) is 79.8 Å². The zero-order valence-corrected chi connectivity index (χ0v) is 18.1. The van der Waals surface area contributed by atoms with Crippen LogP contribution in [-0.2, 0) is 9.47 Å². The SMILES string of the molecule is C[C@H](C[C@H](O)c1ccc(F)cc1)N[C@@H]1CCOC[C@H]1[C@H](C)NC(=O)OC(C)(C)C. The van der Waals surface area contributed by atoms with E-state index in [9.17, 15) is 14.3 Å². The second-order valence-corrected chi connectivity index (χ2v) is 8.94. The minimum Gasteiger partial charge on any atom is -0.444 e. The van der Waals surface area contributed by atoms with Crippen molar-refractivity contribution >= 4 is 6.09 Å². The molecule has 5 atom stereocenters. The molecule has 0 saturated carbocycles. The molecule has 1 amide bonds. The van der Waals surface area contributed by atoms with Crippen molar-refractivity contribution in [1.82, 2.24) is 10.6 Å². The molecule has 1 heterocycles. The predicted octanol–water partition coefficient (Wildman–Crippen LogP) is 3.55. The van der Waals surface area contributed by atoms with E-state index < -0.39 is 17.8 Å². The summed E-state index contributed by atoms with van der Waals surface area (Å²) in [5.41, 5.74) is 0.152. The van der Waals surface area contributed by atoms with Gasteiger partial charge in [-0.2, -0.15) is 0 Å². The second-order valence-electron chi connectivity index (χ2n) is 8.94. The Labute approximate surface area is 173 Å². The summed E-state index contributed by atoms with van der Waals surface area (Å²) in [7, 11) is 0. The molecular weight excluding hydrogens is 375 g/mol. The van der Waals surface area contributed by atoms with E-state index in [-0.39, 0.29) is 29.9 Å². The number of nitrogens with one attached hydrogen (secondary N) is 2. The van der Waals surface area contributed by atoms with Gasteiger partial charge < -0.3 is 25.2 Å². The number of carbonyl (C=O) groups is 1. The number of halogens is 1. The first-order chi connectivity index (χ1) is 13.5. The van der Waals surface area contributed by atoms with Gasteiger partial charge in [0.1, 0.15) is 11.4 Å². The smallest absolute Gasteiger partial charge is 0.407 e. The maximum atomic E-state index is 13.1. The minimum atomic E-state index is -0.672. The fourth-order valence-electron chi connectivity index (χ4n) is 3.65. The minimum absolute atomic E-state index is 0.0365. The average Bonchev–Trinajstić information content (AvgIpc) is 2.60. The highest BCUT2D eigenvalue weighted by atomic mass is 19.1. The molecule has 29 heavy (non-hydrogen) atoms. The lowest BCUT2D eigenvalue weighted by Crippen LogP contribution is -2.54. The van der Waals surface area contributed by atoms with Crippen molar-refractivity contribution in [3.8, 4) is 0 Å². The summed E-state index contributed by atoms with van der Waals surface area (Å²) in [5.74, 6) is -0.231. The van der Waals surface area contributed by atoms with Crippen LogP contribution in [0, 0.1) is 11.7 Å². The highest BCUT2D eigenvalue weighted by Crippen LogP contribution is 2.23. The first kappa shape index (κ1) is 23.6. The van der Waals surface area contributed by atoms with Crippen LogP contribution < -0.4 is 10.6 Å². The summed E-state index contributed by atoms with van der Waals surface area (Å²) in [6, 6.07) is 5.98. The Balaban J connectivity index is 1.90. The van der Waals surface area contributed by atoms with Crippen LogP contribution in [0.5, 0.6) is 0 Å². The first-order valence-electron chi connectivity index (χ1n) is 10.3. The second kappa shape index (κ2) is 10.4. The van der Waals surface area contributed by atoms with Crippen molar-refractivity contribution < 1.29 is 23.8 Å². The van der Waals surface area contributed by atoms with E-state index in [0.29, 0.717) is 25.2 Å². The van der Waals surface area contributed by atoms with Gasteiger partial charge in [-0.15, -0.1) is 0 Å². The monoisotopic (exact) mass is 410 g/mol. The fourth-order valence-corrected chi connectivity index (χ4v) is 3.65.